The molecule has 0 aliphatic carbocycles. The zero-order valence-corrected chi connectivity index (χ0v) is 10.7. The van der Waals surface area contributed by atoms with Crippen LogP contribution in [0.5, 0.6) is 0 Å². The third-order valence-electron chi connectivity index (χ3n) is 3.48. The van der Waals surface area contributed by atoms with Crippen molar-refractivity contribution < 1.29 is 5.11 Å². The van der Waals surface area contributed by atoms with Gasteiger partial charge in [0, 0.05) is 26.2 Å². The van der Waals surface area contributed by atoms with Crippen LogP contribution in [0.2, 0.25) is 5.02 Å². The van der Waals surface area contributed by atoms with Crippen molar-refractivity contribution in [2.45, 2.75) is 19.4 Å². The van der Waals surface area contributed by atoms with Crippen LogP contribution in [-0.4, -0.2) is 24.8 Å². The molecule has 0 atom stereocenters. The molecule has 1 aromatic carbocycles. The number of nitrogens with two attached hydrogens (primary N) is 1. The van der Waals surface area contributed by atoms with E-state index in [1.54, 1.807) is 0 Å². The van der Waals surface area contributed by atoms with Crippen molar-refractivity contribution in [3.63, 3.8) is 0 Å². The molecule has 1 aromatic rings. The fraction of sp³-hybridized carbons (Fsp3) is 0.538. The first-order valence-electron chi connectivity index (χ1n) is 6.09. The van der Waals surface area contributed by atoms with Crippen LogP contribution in [0, 0.1) is 5.92 Å². The molecule has 3 nitrogen and oxygen atoms in total. The highest BCUT2D eigenvalue weighted by Crippen LogP contribution is 2.32. The third kappa shape index (κ3) is 2.73. The van der Waals surface area contributed by atoms with Gasteiger partial charge < -0.3 is 15.7 Å². The van der Waals surface area contributed by atoms with Crippen molar-refractivity contribution in [3.05, 3.63) is 28.8 Å². The number of hydrogen-bond acceptors (Lipinski definition) is 3. The Labute approximate surface area is 107 Å². The number of rotatable bonds is 3. The van der Waals surface area contributed by atoms with E-state index in [0.29, 0.717) is 19.1 Å². The molecule has 94 valence electrons. The number of piperidine rings is 1. The zero-order valence-electron chi connectivity index (χ0n) is 9.90. The zero-order chi connectivity index (χ0) is 12.3. The Morgan fingerprint density at radius 3 is 2.65 bits per heavy atom. The molecule has 0 saturated carbocycles. The van der Waals surface area contributed by atoms with Crippen molar-refractivity contribution in [3.8, 4) is 0 Å². The molecule has 1 heterocycles. The minimum absolute atomic E-state index is 0.292. The average Bonchev–Trinajstić information content (AvgIpc) is 2.38. The summed E-state index contributed by atoms with van der Waals surface area (Å²) in [4.78, 5) is 2.29. The molecule has 1 fully saturated rings. The number of aliphatic hydroxyl groups is 1. The fourth-order valence-electron chi connectivity index (χ4n) is 2.42. The number of benzene rings is 1. The summed E-state index contributed by atoms with van der Waals surface area (Å²) in [5.74, 6) is 0.440. The first-order chi connectivity index (χ1) is 8.26. The monoisotopic (exact) mass is 254 g/mol. The first-order valence-corrected chi connectivity index (χ1v) is 6.47. The Bertz CT molecular complexity index is 376. The van der Waals surface area contributed by atoms with Crippen molar-refractivity contribution in [1.82, 2.24) is 0 Å². The van der Waals surface area contributed by atoms with Gasteiger partial charge in [-0.15, -0.1) is 0 Å². The summed E-state index contributed by atoms with van der Waals surface area (Å²) in [7, 11) is 0. The van der Waals surface area contributed by atoms with E-state index in [1.807, 2.05) is 18.2 Å². The molecule has 0 radical (unpaired) electrons. The maximum absolute atomic E-state index is 9.14. The standard InChI is InChI=1S/C13H19ClN2O/c14-12-3-1-2-11(8-15)13(12)16-6-4-10(9-17)5-7-16/h1-3,10,17H,4-9,15H2. The fourth-order valence-corrected chi connectivity index (χ4v) is 2.73. The van der Waals surface area contributed by atoms with E-state index in [1.165, 1.54) is 0 Å². The van der Waals surface area contributed by atoms with Gasteiger partial charge in [0.05, 0.1) is 10.7 Å². The van der Waals surface area contributed by atoms with Crippen LogP contribution in [-0.2, 0) is 6.54 Å². The van der Waals surface area contributed by atoms with Crippen LogP contribution in [0.25, 0.3) is 0 Å². The lowest BCUT2D eigenvalue weighted by Gasteiger charge is -2.34. The van der Waals surface area contributed by atoms with Crippen LogP contribution in [0.3, 0.4) is 0 Å². The van der Waals surface area contributed by atoms with Gasteiger partial charge >= 0.3 is 0 Å². The van der Waals surface area contributed by atoms with Gasteiger partial charge in [0.25, 0.3) is 0 Å². The molecule has 0 spiro atoms. The van der Waals surface area contributed by atoms with Crippen molar-refractivity contribution in [2.24, 2.45) is 11.7 Å². The Kier molecular flexibility index (Phi) is 4.26. The summed E-state index contributed by atoms with van der Waals surface area (Å²) >= 11 is 6.27. The maximum atomic E-state index is 9.14. The topological polar surface area (TPSA) is 49.5 Å². The van der Waals surface area contributed by atoms with Crippen LogP contribution >= 0.6 is 11.6 Å². The molecule has 3 N–H and O–H groups in total. The highest BCUT2D eigenvalue weighted by atomic mass is 35.5. The SMILES string of the molecule is NCc1cccc(Cl)c1N1CCC(CO)CC1. The quantitative estimate of drug-likeness (QED) is 0.868. The Morgan fingerprint density at radius 1 is 1.35 bits per heavy atom. The summed E-state index contributed by atoms with van der Waals surface area (Å²) in [6.07, 6.45) is 2.04. The summed E-state index contributed by atoms with van der Waals surface area (Å²) < 4.78 is 0. The minimum Gasteiger partial charge on any atom is -0.396 e. The van der Waals surface area contributed by atoms with E-state index < -0.39 is 0 Å². The van der Waals surface area contributed by atoms with Gasteiger partial charge in [0.2, 0.25) is 0 Å². The molecule has 0 amide bonds. The Hall–Kier alpha value is -0.770. The molecular weight excluding hydrogens is 236 g/mol. The molecule has 17 heavy (non-hydrogen) atoms. The highest BCUT2D eigenvalue weighted by Gasteiger charge is 2.21. The van der Waals surface area contributed by atoms with E-state index in [-0.39, 0.29) is 0 Å². The highest BCUT2D eigenvalue weighted by molar-refractivity contribution is 6.33. The molecule has 0 bridgehead atoms. The number of nitrogens with zero attached hydrogens (tertiary/aromatic N) is 1. The Balaban J connectivity index is 2.17. The van der Waals surface area contributed by atoms with Gasteiger partial charge in [-0.2, -0.15) is 0 Å². The van der Waals surface area contributed by atoms with E-state index in [9.17, 15) is 0 Å². The number of hydrogen-bond donors (Lipinski definition) is 2. The van der Waals surface area contributed by atoms with Gasteiger partial charge in [-0.05, 0) is 30.4 Å². The second-order valence-electron chi connectivity index (χ2n) is 4.56. The van der Waals surface area contributed by atoms with E-state index >= 15 is 0 Å². The van der Waals surface area contributed by atoms with Crippen LogP contribution in [0.15, 0.2) is 18.2 Å². The summed E-state index contributed by atoms with van der Waals surface area (Å²) in [6, 6.07) is 5.88. The van der Waals surface area contributed by atoms with E-state index in [4.69, 9.17) is 22.4 Å². The van der Waals surface area contributed by atoms with Crippen LogP contribution in [0.1, 0.15) is 18.4 Å². The van der Waals surface area contributed by atoms with Crippen LogP contribution in [0.4, 0.5) is 5.69 Å². The second-order valence-corrected chi connectivity index (χ2v) is 4.97. The number of halogens is 1. The lowest BCUT2D eigenvalue weighted by Crippen LogP contribution is -2.35. The molecule has 1 aliphatic heterocycles. The molecular formula is C13H19ClN2O. The van der Waals surface area contributed by atoms with Gasteiger partial charge in [0.15, 0.2) is 0 Å². The van der Waals surface area contributed by atoms with Gasteiger partial charge in [-0.1, -0.05) is 23.7 Å². The molecule has 0 unspecified atom stereocenters. The summed E-state index contributed by atoms with van der Waals surface area (Å²) in [5, 5.41) is 9.91. The predicted octanol–water partition coefficient (Wildman–Crippen LogP) is 2.01. The number of aliphatic hydroxyl groups excluding tert-OH is 1. The van der Waals surface area contributed by atoms with Crippen LogP contribution < -0.4 is 10.6 Å². The number of anilines is 1. The summed E-state index contributed by atoms with van der Waals surface area (Å²) in [5.41, 5.74) is 7.93. The lowest BCUT2D eigenvalue weighted by atomic mass is 9.97. The second kappa shape index (κ2) is 5.71. The van der Waals surface area contributed by atoms with Gasteiger partial charge in [0.1, 0.15) is 0 Å². The van der Waals surface area contributed by atoms with Gasteiger partial charge in [-0.25, -0.2) is 0 Å². The maximum Gasteiger partial charge on any atom is 0.0642 e. The largest absolute Gasteiger partial charge is 0.396 e. The minimum atomic E-state index is 0.292. The first kappa shape index (κ1) is 12.7. The van der Waals surface area contributed by atoms with Gasteiger partial charge in [-0.3, -0.25) is 0 Å². The normalized spacial score (nSPS) is 17.5. The van der Waals surface area contributed by atoms with E-state index in [2.05, 4.69) is 4.90 Å². The average molecular weight is 255 g/mol. The van der Waals surface area contributed by atoms with Crippen molar-refractivity contribution >= 4 is 17.3 Å². The molecule has 1 saturated heterocycles. The van der Waals surface area contributed by atoms with E-state index in [0.717, 1.165) is 42.2 Å². The Morgan fingerprint density at radius 2 is 2.06 bits per heavy atom. The molecule has 1 aliphatic rings. The number of para-hydroxylation sites is 1. The summed E-state index contributed by atoms with van der Waals surface area (Å²) in [6.45, 7) is 2.69. The van der Waals surface area contributed by atoms with Crippen molar-refractivity contribution in [1.29, 1.82) is 0 Å². The molecule has 4 heteroatoms. The molecule has 0 aromatic heterocycles. The predicted molar refractivity (Wildman–Crippen MR) is 71.4 cm³/mol. The van der Waals surface area contributed by atoms with Crippen molar-refractivity contribution in [2.75, 3.05) is 24.6 Å². The smallest absolute Gasteiger partial charge is 0.0642 e. The lowest BCUT2D eigenvalue weighted by molar-refractivity contribution is 0.203. The third-order valence-corrected chi connectivity index (χ3v) is 3.78. The molecule has 2 rings (SSSR count).